The number of amides is 1. The maximum absolute atomic E-state index is 12.3. The molecule has 7 heteroatoms. The molecule has 2 aromatic rings. The number of anilines is 1. The summed E-state index contributed by atoms with van der Waals surface area (Å²) in [7, 11) is -1.98. The van der Waals surface area contributed by atoms with Crippen LogP contribution in [0.3, 0.4) is 0 Å². The van der Waals surface area contributed by atoms with Gasteiger partial charge in [-0.05, 0) is 43.5 Å². The second-order valence-corrected chi connectivity index (χ2v) is 8.38. The SMILES string of the molecule is COc1ccccc1CCNC(=O)CN(c1ccc(C)cc1C)S(C)(=O)=O. The van der Waals surface area contributed by atoms with Crippen molar-refractivity contribution in [1.29, 1.82) is 0 Å². The molecule has 0 aromatic heterocycles. The Hall–Kier alpha value is -2.54. The Balaban J connectivity index is 2.04. The Morgan fingerprint density at radius 3 is 2.48 bits per heavy atom. The molecule has 0 aliphatic carbocycles. The van der Waals surface area contributed by atoms with Gasteiger partial charge in [0, 0.05) is 6.54 Å². The van der Waals surface area contributed by atoms with Crippen LogP contribution in [0.5, 0.6) is 5.75 Å². The summed E-state index contributed by atoms with van der Waals surface area (Å²) in [5, 5.41) is 2.79. The summed E-state index contributed by atoms with van der Waals surface area (Å²) in [6.07, 6.45) is 1.70. The maximum atomic E-state index is 12.3. The lowest BCUT2D eigenvalue weighted by Gasteiger charge is -2.24. The van der Waals surface area contributed by atoms with Crippen LogP contribution in [0.4, 0.5) is 5.69 Å². The molecule has 0 atom stereocenters. The number of sulfonamides is 1. The fraction of sp³-hybridized carbons (Fsp3) is 0.350. The van der Waals surface area contributed by atoms with Crippen molar-refractivity contribution in [1.82, 2.24) is 5.32 Å². The Labute approximate surface area is 161 Å². The largest absolute Gasteiger partial charge is 0.496 e. The average molecular weight is 391 g/mol. The van der Waals surface area contributed by atoms with Crippen molar-refractivity contribution < 1.29 is 17.9 Å². The van der Waals surface area contributed by atoms with E-state index >= 15 is 0 Å². The number of ether oxygens (including phenoxy) is 1. The monoisotopic (exact) mass is 390 g/mol. The van der Waals surface area contributed by atoms with Crippen LogP contribution in [-0.4, -0.2) is 40.8 Å². The molecule has 0 unspecified atom stereocenters. The first-order chi connectivity index (χ1) is 12.7. The van der Waals surface area contributed by atoms with E-state index in [0.717, 1.165) is 33.0 Å². The first kappa shape index (κ1) is 20.8. The molecule has 0 aliphatic rings. The summed E-state index contributed by atoms with van der Waals surface area (Å²) in [4.78, 5) is 12.3. The van der Waals surface area contributed by atoms with Crippen LogP contribution < -0.4 is 14.4 Å². The Morgan fingerprint density at radius 1 is 1.15 bits per heavy atom. The van der Waals surface area contributed by atoms with Crippen molar-refractivity contribution in [3.63, 3.8) is 0 Å². The minimum Gasteiger partial charge on any atom is -0.496 e. The topological polar surface area (TPSA) is 75.7 Å². The van der Waals surface area contributed by atoms with Gasteiger partial charge in [0.2, 0.25) is 15.9 Å². The fourth-order valence-corrected chi connectivity index (χ4v) is 3.81. The van der Waals surface area contributed by atoms with Gasteiger partial charge in [-0.3, -0.25) is 9.10 Å². The van der Waals surface area contributed by atoms with Crippen LogP contribution in [0.2, 0.25) is 0 Å². The summed E-state index contributed by atoms with van der Waals surface area (Å²) >= 11 is 0. The number of rotatable bonds is 8. The molecule has 6 nitrogen and oxygen atoms in total. The number of carbonyl (C=O) groups is 1. The minimum atomic E-state index is -3.58. The van der Waals surface area contributed by atoms with Gasteiger partial charge in [-0.25, -0.2) is 8.42 Å². The van der Waals surface area contributed by atoms with Gasteiger partial charge in [-0.2, -0.15) is 0 Å². The molecule has 1 amide bonds. The summed E-state index contributed by atoms with van der Waals surface area (Å²) < 4.78 is 30.9. The van der Waals surface area contributed by atoms with E-state index in [2.05, 4.69) is 5.32 Å². The number of benzene rings is 2. The summed E-state index contributed by atoms with van der Waals surface area (Å²) in [5.74, 6) is 0.412. The summed E-state index contributed by atoms with van der Waals surface area (Å²) in [6.45, 7) is 3.91. The van der Waals surface area contributed by atoms with E-state index in [1.807, 2.05) is 50.2 Å². The maximum Gasteiger partial charge on any atom is 0.240 e. The van der Waals surface area contributed by atoms with E-state index in [-0.39, 0.29) is 12.5 Å². The highest BCUT2D eigenvalue weighted by Crippen LogP contribution is 2.23. The molecule has 0 fully saturated rings. The standard InChI is InChI=1S/C20H26N2O4S/c1-15-9-10-18(16(2)13-15)22(27(4,24)25)14-20(23)21-12-11-17-7-5-6-8-19(17)26-3/h5-10,13H,11-12,14H2,1-4H3,(H,21,23). The van der Waals surface area contributed by atoms with Gasteiger partial charge in [0.15, 0.2) is 0 Å². The van der Waals surface area contributed by atoms with Crippen molar-refractivity contribution in [2.24, 2.45) is 0 Å². The normalized spacial score (nSPS) is 11.1. The molecule has 0 saturated carbocycles. The van der Waals surface area contributed by atoms with E-state index in [1.165, 1.54) is 0 Å². The molecular formula is C20H26N2O4S. The van der Waals surface area contributed by atoms with Gasteiger partial charge in [-0.1, -0.05) is 35.9 Å². The van der Waals surface area contributed by atoms with E-state index in [1.54, 1.807) is 13.2 Å². The first-order valence-corrected chi connectivity index (χ1v) is 10.5. The molecule has 0 spiro atoms. The van der Waals surface area contributed by atoms with Crippen LogP contribution in [0.25, 0.3) is 0 Å². The van der Waals surface area contributed by atoms with Crippen molar-refractivity contribution in [3.05, 3.63) is 59.2 Å². The number of hydrogen-bond donors (Lipinski definition) is 1. The summed E-state index contributed by atoms with van der Waals surface area (Å²) in [6, 6.07) is 13.0. The lowest BCUT2D eigenvalue weighted by atomic mass is 10.1. The highest BCUT2D eigenvalue weighted by molar-refractivity contribution is 7.92. The molecule has 146 valence electrons. The zero-order valence-electron chi connectivity index (χ0n) is 16.2. The molecule has 0 bridgehead atoms. The van der Waals surface area contributed by atoms with Gasteiger partial charge in [0.05, 0.1) is 19.1 Å². The van der Waals surface area contributed by atoms with Gasteiger partial charge in [-0.15, -0.1) is 0 Å². The number of hydrogen-bond acceptors (Lipinski definition) is 4. The van der Waals surface area contributed by atoms with E-state index in [0.29, 0.717) is 18.7 Å². The number of para-hydroxylation sites is 1. The predicted molar refractivity (Wildman–Crippen MR) is 108 cm³/mol. The lowest BCUT2D eigenvalue weighted by Crippen LogP contribution is -2.41. The van der Waals surface area contributed by atoms with Crippen LogP contribution in [0.15, 0.2) is 42.5 Å². The smallest absolute Gasteiger partial charge is 0.240 e. The Bertz CT molecular complexity index is 910. The number of nitrogens with one attached hydrogen (secondary N) is 1. The van der Waals surface area contributed by atoms with Crippen molar-refractivity contribution in [2.45, 2.75) is 20.3 Å². The van der Waals surface area contributed by atoms with Crippen molar-refractivity contribution >= 4 is 21.6 Å². The number of methoxy groups -OCH3 is 1. The quantitative estimate of drug-likeness (QED) is 0.751. The average Bonchev–Trinajstić information content (AvgIpc) is 2.60. The highest BCUT2D eigenvalue weighted by Gasteiger charge is 2.22. The third-order valence-corrected chi connectivity index (χ3v) is 5.34. The molecule has 0 saturated heterocycles. The highest BCUT2D eigenvalue weighted by atomic mass is 32.2. The first-order valence-electron chi connectivity index (χ1n) is 8.66. The molecule has 0 heterocycles. The number of aryl methyl sites for hydroxylation is 2. The van der Waals surface area contributed by atoms with Gasteiger partial charge < -0.3 is 10.1 Å². The predicted octanol–water partition coefficient (Wildman–Crippen LogP) is 2.44. The molecule has 0 aliphatic heterocycles. The van der Waals surface area contributed by atoms with Crippen LogP contribution in [0.1, 0.15) is 16.7 Å². The third-order valence-electron chi connectivity index (χ3n) is 4.22. The van der Waals surface area contributed by atoms with E-state index in [4.69, 9.17) is 4.74 Å². The van der Waals surface area contributed by atoms with Crippen LogP contribution in [-0.2, 0) is 21.2 Å². The van der Waals surface area contributed by atoms with E-state index < -0.39 is 10.0 Å². The lowest BCUT2D eigenvalue weighted by molar-refractivity contribution is -0.119. The van der Waals surface area contributed by atoms with E-state index in [9.17, 15) is 13.2 Å². The zero-order valence-corrected chi connectivity index (χ0v) is 17.0. The Morgan fingerprint density at radius 2 is 1.85 bits per heavy atom. The number of nitrogens with zero attached hydrogens (tertiary/aromatic N) is 1. The second kappa shape index (κ2) is 8.90. The second-order valence-electron chi connectivity index (χ2n) is 6.47. The molecule has 2 aromatic carbocycles. The molecular weight excluding hydrogens is 364 g/mol. The van der Waals surface area contributed by atoms with Gasteiger partial charge in [0.25, 0.3) is 0 Å². The van der Waals surface area contributed by atoms with Gasteiger partial charge in [0.1, 0.15) is 12.3 Å². The summed E-state index contributed by atoms with van der Waals surface area (Å²) in [5.41, 5.74) is 3.34. The van der Waals surface area contributed by atoms with Crippen LogP contribution in [0, 0.1) is 13.8 Å². The minimum absolute atomic E-state index is 0.255. The molecule has 0 radical (unpaired) electrons. The van der Waals surface area contributed by atoms with Crippen LogP contribution >= 0.6 is 0 Å². The molecule has 2 rings (SSSR count). The third kappa shape index (κ3) is 5.72. The Kier molecular flexibility index (Phi) is 6.85. The van der Waals surface area contributed by atoms with Gasteiger partial charge >= 0.3 is 0 Å². The molecule has 27 heavy (non-hydrogen) atoms. The molecule has 1 N–H and O–H groups in total. The zero-order chi connectivity index (χ0) is 20.0. The van der Waals surface area contributed by atoms with Crippen molar-refractivity contribution in [2.75, 3.05) is 30.8 Å². The number of carbonyl (C=O) groups excluding carboxylic acids is 1. The van der Waals surface area contributed by atoms with Crippen molar-refractivity contribution in [3.8, 4) is 5.75 Å². The fourth-order valence-electron chi connectivity index (χ4n) is 2.90.